The normalized spacial score (nSPS) is 16.4. The minimum absolute atomic E-state index is 0.0424. The van der Waals surface area contributed by atoms with E-state index in [0.717, 1.165) is 57.9 Å². The van der Waals surface area contributed by atoms with E-state index in [0.29, 0.717) is 0 Å². The maximum absolute atomic E-state index is 11.7. The molecule has 25 heavy (non-hydrogen) atoms. The number of nitrogens with zero attached hydrogens (tertiary/aromatic N) is 3. The predicted octanol–water partition coefficient (Wildman–Crippen LogP) is 2.35. The Labute approximate surface area is 154 Å². The molecule has 0 amide bonds. The highest BCUT2D eigenvalue weighted by Crippen LogP contribution is 2.18. The van der Waals surface area contributed by atoms with Gasteiger partial charge >= 0.3 is 5.97 Å². The fourth-order valence-corrected chi connectivity index (χ4v) is 3.37. The average Bonchev–Trinajstić information content (AvgIpc) is 2.64. The summed E-state index contributed by atoms with van der Waals surface area (Å²) in [4.78, 5) is 21.3. The quantitative estimate of drug-likeness (QED) is 0.282. The van der Waals surface area contributed by atoms with Crippen LogP contribution in [0.3, 0.4) is 0 Å². The number of likely N-dealkylation sites (tertiary alicyclic amines) is 1. The van der Waals surface area contributed by atoms with Crippen molar-refractivity contribution in [3.63, 3.8) is 0 Å². The molecule has 1 fully saturated rings. The van der Waals surface area contributed by atoms with Gasteiger partial charge in [-0.1, -0.05) is 13.8 Å². The maximum Gasteiger partial charge on any atom is 0.308 e. The van der Waals surface area contributed by atoms with Crippen molar-refractivity contribution in [1.82, 2.24) is 15.1 Å². The van der Waals surface area contributed by atoms with Crippen molar-refractivity contribution < 1.29 is 9.53 Å². The Morgan fingerprint density at radius 1 is 1.16 bits per heavy atom. The molecule has 0 spiro atoms. The predicted molar refractivity (Wildman–Crippen MR) is 104 cm³/mol. The second-order valence-electron chi connectivity index (χ2n) is 6.72. The third-order valence-corrected chi connectivity index (χ3v) is 4.64. The highest BCUT2D eigenvalue weighted by atomic mass is 16.5. The zero-order valence-electron chi connectivity index (χ0n) is 16.7. The SMILES string of the molecule is CCCN(CCC)CCCN=C(NCC)N1CCC(C(=O)OC)CC1. The Bertz CT molecular complexity index is 387. The van der Waals surface area contributed by atoms with Crippen LogP contribution in [0.5, 0.6) is 0 Å². The minimum atomic E-state index is -0.0754. The van der Waals surface area contributed by atoms with Crippen molar-refractivity contribution in [3.05, 3.63) is 0 Å². The van der Waals surface area contributed by atoms with Gasteiger partial charge in [-0.15, -0.1) is 0 Å². The summed E-state index contributed by atoms with van der Waals surface area (Å²) in [6, 6.07) is 0. The third kappa shape index (κ3) is 8.08. The van der Waals surface area contributed by atoms with Gasteiger partial charge in [0.1, 0.15) is 0 Å². The van der Waals surface area contributed by atoms with E-state index in [1.165, 1.54) is 33.0 Å². The van der Waals surface area contributed by atoms with Crippen LogP contribution in [0.1, 0.15) is 52.9 Å². The molecule has 0 atom stereocenters. The van der Waals surface area contributed by atoms with Gasteiger partial charge in [-0.3, -0.25) is 9.79 Å². The van der Waals surface area contributed by atoms with Crippen LogP contribution < -0.4 is 5.32 Å². The Hall–Kier alpha value is -1.30. The van der Waals surface area contributed by atoms with Crippen LogP contribution in [0.15, 0.2) is 4.99 Å². The smallest absolute Gasteiger partial charge is 0.308 e. The Kier molecular flexibility index (Phi) is 11.3. The van der Waals surface area contributed by atoms with Gasteiger partial charge in [0, 0.05) is 26.2 Å². The highest BCUT2D eigenvalue weighted by molar-refractivity contribution is 5.80. The Morgan fingerprint density at radius 3 is 2.32 bits per heavy atom. The van der Waals surface area contributed by atoms with Crippen LogP contribution in [-0.4, -0.2) is 74.7 Å². The van der Waals surface area contributed by atoms with Gasteiger partial charge in [0.25, 0.3) is 0 Å². The Balaban J connectivity index is 2.45. The van der Waals surface area contributed by atoms with E-state index in [4.69, 9.17) is 9.73 Å². The summed E-state index contributed by atoms with van der Waals surface area (Å²) in [6.45, 7) is 13.5. The molecule has 0 aromatic heterocycles. The molecule has 0 aromatic carbocycles. The number of rotatable bonds is 10. The molecule has 146 valence electrons. The lowest BCUT2D eigenvalue weighted by Crippen LogP contribution is -2.46. The van der Waals surface area contributed by atoms with Crippen molar-refractivity contribution in [2.45, 2.75) is 52.9 Å². The van der Waals surface area contributed by atoms with Crippen LogP contribution in [-0.2, 0) is 9.53 Å². The largest absolute Gasteiger partial charge is 0.469 e. The van der Waals surface area contributed by atoms with Crippen molar-refractivity contribution >= 4 is 11.9 Å². The first-order valence-electron chi connectivity index (χ1n) is 9.99. The summed E-state index contributed by atoms with van der Waals surface area (Å²) >= 11 is 0. The minimum Gasteiger partial charge on any atom is -0.469 e. The lowest BCUT2D eigenvalue weighted by Gasteiger charge is -2.33. The molecule has 1 rings (SSSR count). The third-order valence-electron chi connectivity index (χ3n) is 4.64. The van der Waals surface area contributed by atoms with Crippen molar-refractivity contribution in [2.75, 3.05) is 52.9 Å². The second kappa shape index (κ2) is 13.0. The fourth-order valence-electron chi connectivity index (χ4n) is 3.37. The molecule has 0 radical (unpaired) electrons. The summed E-state index contributed by atoms with van der Waals surface area (Å²) in [5.74, 6) is 0.956. The van der Waals surface area contributed by atoms with E-state index in [2.05, 4.69) is 35.9 Å². The van der Waals surface area contributed by atoms with Gasteiger partial charge in [0.2, 0.25) is 0 Å². The van der Waals surface area contributed by atoms with Crippen LogP contribution in [0, 0.1) is 5.92 Å². The molecular weight excluding hydrogens is 316 g/mol. The molecular formula is C19H38N4O2. The van der Waals surface area contributed by atoms with E-state index in [-0.39, 0.29) is 11.9 Å². The summed E-state index contributed by atoms with van der Waals surface area (Å²) in [5.41, 5.74) is 0. The number of carbonyl (C=O) groups excluding carboxylic acids is 1. The highest BCUT2D eigenvalue weighted by Gasteiger charge is 2.26. The zero-order chi connectivity index (χ0) is 18.5. The van der Waals surface area contributed by atoms with Gasteiger partial charge in [-0.05, 0) is 58.7 Å². The molecule has 0 saturated carbocycles. The molecule has 1 aliphatic rings. The molecule has 0 bridgehead atoms. The van der Waals surface area contributed by atoms with Gasteiger partial charge in [0.15, 0.2) is 5.96 Å². The van der Waals surface area contributed by atoms with Crippen molar-refractivity contribution in [1.29, 1.82) is 0 Å². The van der Waals surface area contributed by atoms with Crippen LogP contribution in [0.25, 0.3) is 0 Å². The number of carbonyl (C=O) groups is 1. The summed E-state index contributed by atoms with van der Waals surface area (Å²) < 4.78 is 4.87. The molecule has 1 saturated heterocycles. The number of hydrogen-bond donors (Lipinski definition) is 1. The molecule has 0 aliphatic carbocycles. The first kappa shape index (κ1) is 21.7. The number of ether oxygens (including phenoxy) is 1. The standard InChI is InChI=1S/C19H38N4O2/c1-5-12-22(13-6-2)14-8-11-21-19(20-7-3)23-15-9-17(10-16-23)18(24)25-4/h17H,5-16H2,1-4H3,(H,20,21). The zero-order valence-corrected chi connectivity index (χ0v) is 16.7. The lowest BCUT2D eigenvalue weighted by molar-refractivity contribution is -0.146. The molecule has 1 heterocycles. The van der Waals surface area contributed by atoms with Gasteiger partial charge in [0.05, 0.1) is 13.0 Å². The van der Waals surface area contributed by atoms with Crippen molar-refractivity contribution in [3.8, 4) is 0 Å². The summed E-state index contributed by atoms with van der Waals surface area (Å²) in [5, 5.41) is 3.39. The fraction of sp³-hybridized carbons (Fsp3) is 0.895. The number of hydrogen-bond acceptors (Lipinski definition) is 4. The second-order valence-corrected chi connectivity index (χ2v) is 6.72. The number of esters is 1. The van der Waals surface area contributed by atoms with E-state index in [1.807, 2.05) is 0 Å². The van der Waals surface area contributed by atoms with Crippen molar-refractivity contribution in [2.24, 2.45) is 10.9 Å². The van der Waals surface area contributed by atoms with Crippen LogP contribution in [0.2, 0.25) is 0 Å². The number of piperidine rings is 1. The Morgan fingerprint density at radius 2 is 1.80 bits per heavy atom. The first-order valence-corrected chi connectivity index (χ1v) is 9.99. The van der Waals surface area contributed by atoms with E-state index in [9.17, 15) is 4.79 Å². The molecule has 6 heteroatoms. The molecule has 0 unspecified atom stereocenters. The number of methoxy groups -OCH3 is 1. The van der Waals surface area contributed by atoms with Gasteiger partial charge < -0.3 is 19.9 Å². The number of nitrogens with one attached hydrogen (secondary N) is 1. The molecule has 1 aliphatic heterocycles. The summed E-state index contributed by atoms with van der Waals surface area (Å²) in [7, 11) is 1.47. The molecule has 1 N–H and O–H groups in total. The van der Waals surface area contributed by atoms with E-state index < -0.39 is 0 Å². The van der Waals surface area contributed by atoms with Crippen LogP contribution in [0.4, 0.5) is 0 Å². The lowest BCUT2D eigenvalue weighted by atomic mass is 9.97. The average molecular weight is 355 g/mol. The monoisotopic (exact) mass is 354 g/mol. The number of guanidine groups is 1. The van der Waals surface area contributed by atoms with Gasteiger partial charge in [-0.25, -0.2) is 0 Å². The molecule has 0 aromatic rings. The topological polar surface area (TPSA) is 57.2 Å². The summed E-state index contributed by atoms with van der Waals surface area (Å²) in [6.07, 6.45) is 5.20. The first-order chi connectivity index (χ1) is 12.2. The van der Waals surface area contributed by atoms with E-state index >= 15 is 0 Å². The van der Waals surface area contributed by atoms with Crippen LogP contribution >= 0.6 is 0 Å². The maximum atomic E-state index is 11.7. The van der Waals surface area contributed by atoms with E-state index in [1.54, 1.807) is 0 Å². The molecule has 6 nitrogen and oxygen atoms in total. The number of aliphatic imine (C=N–C) groups is 1. The van der Waals surface area contributed by atoms with Gasteiger partial charge in [-0.2, -0.15) is 0 Å².